The van der Waals surface area contributed by atoms with Crippen molar-refractivity contribution in [1.82, 2.24) is 9.55 Å². The van der Waals surface area contributed by atoms with Crippen molar-refractivity contribution in [2.24, 2.45) is 0 Å². The number of carbonyl (C=O) groups is 1. The Kier molecular flexibility index (Phi) is 4.61. The van der Waals surface area contributed by atoms with Gasteiger partial charge in [-0.1, -0.05) is 11.8 Å². The molecule has 23 heavy (non-hydrogen) atoms. The number of rotatable bonds is 5. The van der Waals surface area contributed by atoms with Gasteiger partial charge in [-0.15, -0.1) is 0 Å². The first-order chi connectivity index (χ1) is 11.1. The highest BCUT2D eigenvalue weighted by atomic mass is 32.2. The molecule has 2 heterocycles. The summed E-state index contributed by atoms with van der Waals surface area (Å²) in [6.07, 6.45) is 1.85. The van der Waals surface area contributed by atoms with Gasteiger partial charge < -0.3 is 14.0 Å². The molecule has 1 aromatic heterocycles. The van der Waals surface area contributed by atoms with Crippen LogP contribution in [-0.2, 0) is 11.3 Å². The van der Waals surface area contributed by atoms with Crippen molar-refractivity contribution < 1.29 is 14.3 Å². The first kappa shape index (κ1) is 15.9. The van der Waals surface area contributed by atoms with Crippen LogP contribution in [0.5, 0.6) is 11.5 Å². The summed E-state index contributed by atoms with van der Waals surface area (Å²) in [4.78, 5) is 16.0. The standard InChI is InChI=1S/C17H20N2O3S/c1-4-19-14(10-18-17(19)23-12(3)11(2)20)13-5-6-15-16(9-13)22-8-7-21-15/h5-6,9-10,12H,4,7-8H2,1-3H3. The summed E-state index contributed by atoms with van der Waals surface area (Å²) in [6, 6.07) is 5.93. The highest BCUT2D eigenvalue weighted by molar-refractivity contribution is 8.00. The maximum atomic E-state index is 11.5. The Morgan fingerprint density at radius 2 is 2.09 bits per heavy atom. The van der Waals surface area contributed by atoms with Crippen molar-refractivity contribution in [2.75, 3.05) is 13.2 Å². The number of fused-ring (bicyclic) bond motifs is 1. The molecule has 0 bridgehead atoms. The molecule has 6 heteroatoms. The van der Waals surface area contributed by atoms with E-state index in [1.807, 2.05) is 31.3 Å². The Morgan fingerprint density at radius 3 is 2.78 bits per heavy atom. The van der Waals surface area contributed by atoms with Gasteiger partial charge in [-0.3, -0.25) is 4.79 Å². The minimum Gasteiger partial charge on any atom is -0.486 e. The third-order valence-corrected chi connectivity index (χ3v) is 5.05. The van der Waals surface area contributed by atoms with Crippen LogP contribution in [0.2, 0.25) is 0 Å². The van der Waals surface area contributed by atoms with Crippen LogP contribution in [0.1, 0.15) is 20.8 Å². The average molecular weight is 332 g/mol. The normalized spacial score (nSPS) is 14.6. The van der Waals surface area contributed by atoms with E-state index in [4.69, 9.17) is 9.47 Å². The van der Waals surface area contributed by atoms with Crippen LogP contribution in [-0.4, -0.2) is 33.8 Å². The van der Waals surface area contributed by atoms with E-state index in [1.165, 1.54) is 11.8 Å². The molecule has 1 aliphatic rings. The van der Waals surface area contributed by atoms with Crippen molar-refractivity contribution in [3.63, 3.8) is 0 Å². The lowest BCUT2D eigenvalue weighted by molar-refractivity contribution is -0.116. The summed E-state index contributed by atoms with van der Waals surface area (Å²) in [5.74, 6) is 1.70. The van der Waals surface area contributed by atoms with Crippen LogP contribution in [0.25, 0.3) is 11.3 Å². The molecular formula is C17H20N2O3S. The molecule has 0 radical (unpaired) electrons. The van der Waals surface area contributed by atoms with Crippen molar-refractivity contribution in [2.45, 2.75) is 37.7 Å². The van der Waals surface area contributed by atoms with Crippen LogP contribution in [0.3, 0.4) is 0 Å². The van der Waals surface area contributed by atoms with E-state index >= 15 is 0 Å². The fourth-order valence-electron chi connectivity index (χ4n) is 2.43. The number of ether oxygens (including phenoxy) is 2. The van der Waals surface area contributed by atoms with E-state index < -0.39 is 0 Å². The largest absolute Gasteiger partial charge is 0.486 e. The molecule has 0 aliphatic carbocycles. The molecule has 1 aromatic carbocycles. The Morgan fingerprint density at radius 1 is 1.35 bits per heavy atom. The number of carbonyl (C=O) groups excluding carboxylic acids is 1. The van der Waals surface area contributed by atoms with Gasteiger partial charge >= 0.3 is 0 Å². The van der Waals surface area contributed by atoms with Crippen molar-refractivity contribution in [1.29, 1.82) is 0 Å². The van der Waals surface area contributed by atoms with E-state index in [1.54, 1.807) is 6.92 Å². The van der Waals surface area contributed by atoms with E-state index in [2.05, 4.69) is 16.5 Å². The number of aromatic nitrogens is 2. The molecular weight excluding hydrogens is 312 g/mol. The van der Waals surface area contributed by atoms with Crippen molar-refractivity contribution in [3.8, 4) is 22.8 Å². The minimum atomic E-state index is -0.101. The number of imidazole rings is 1. The number of nitrogens with zero attached hydrogens (tertiary/aromatic N) is 2. The van der Waals surface area contributed by atoms with Crippen LogP contribution in [0.15, 0.2) is 29.6 Å². The third-order valence-electron chi connectivity index (χ3n) is 3.83. The zero-order valence-electron chi connectivity index (χ0n) is 13.5. The Labute approximate surface area is 140 Å². The quantitative estimate of drug-likeness (QED) is 0.785. The lowest BCUT2D eigenvalue weighted by Gasteiger charge is -2.19. The summed E-state index contributed by atoms with van der Waals surface area (Å²) < 4.78 is 13.3. The maximum Gasteiger partial charge on any atom is 0.169 e. The van der Waals surface area contributed by atoms with E-state index in [9.17, 15) is 4.79 Å². The first-order valence-corrected chi connectivity index (χ1v) is 8.60. The number of Topliss-reactive ketones (excluding diaryl/α,β-unsaturated/α-hetero) is 1. The highest BCUT2D eigenvalue weighted by Gasteiger charge is 2.18. The number of ketones is 1. The lowest BCUT2D eigenvalue weighted by atomic mass is 10.1. The van der Waals surface area contributed by atoms with Crippen molar-refractivity contribution >= 4 is 17.5 Å². The molecule has 0 saturated carbocycles. The third kappa shape index (κ3) is 3.22. The van der Waals surface area contributed by atoms with Gasteiger partial charge in [0.2, 0.25) is 0 Å². The van der Waals surface area contributed by atoms with Gasteiger partial charge in [-0.05, 0) is 39.0 Å². The van der Waals surface area contributed by atoms with Gasteiger partial charge in [0.15, 0.2) is 16.7 Å². The molecule has 122 valence electrons. The SMILES string of the molecule is CCn1c(-c2ccc3c(c2)OCCO3)cnc1SC(C)C(C)=O. The van der Waals surface area contributed by atoms with Gasteiger partial charge in [0.1, 0.15) is 19.0 Å². The van der Waals surface area contributed by atoms with Gasteiger partial charge in [-0.25, -0.2) is 4.98 Å². The fraction of sp³-hybridized carbons (Fsp3) is 0.412. The molecule has 0 saturated heterocycles. The van der Waals surface area contributed by atoms with E-state index in [0.29, 0.717) is 13.2 Å². The topological polar surface area (TPSA) is 53.4 Å². The monoisotopic (exact) mass is 332 g/mol. The number of thioether (sulfide) groups is 1. The molecule has 0 N–H and O–H groups in total. The van der Waals surface area contributed by atoms with Crippen LogP contribution in [0.4, 0.5) is 0 Å². The molecule has 0 fully saturated rings. The van der Waals surface area contributed by atoms with Crippen LogP contribution >= 0.6 is 11.8 Å². The van der Waals surface area contributed by atoms with Crippen molar-refractivity contribution in [3.05, 3.63) is 24.4 Å². The molecule has 2 aromatic rings. The second kappa shape index (κ2) is 6.66. The fourth-order valence-corrected chi connectivity index (χ4v) is 3.38. The lowest BCUT2D eigenvalue weighted by Crippen LogP contribution is -2.15. The molecule has 0 amide bonds. The summed E-state index contributed by atoms with van der Waals surface area (Å²) in [6.45, 7) is 7.54. The van der Waals surface area contributed by atoms with E-state index in [-0.39, 0.29) is 11.0 Å². The van der Waals surface area contributed by atoms with E-state index in [0.717, 1.165) is 34.5 Å². The zero-order valence-corrected chi connectivity index (χ0v) is 14.4. The molecule has 3 rings (SSSR count). The number of hydrogen-bond acceptors (Lipinski definition) is 5. The number of benzene rings is 1. The summed E-state index contributed by atoms with van der Waals surface area (Å²) in [5, 5.41) is 0.760. The smallest absolute Gasteiger partial charge is 0.169 e. The predicted molar refractivity (Wildman–Crippen MR) is 90.3 cm³/mol. The van der Waals surface area contributed by atoms with Crippen LogP contribution in [0, 0.1) is 0 Å². The summed E-state index contributed by atoms with van der Waals surface area (Å²) >= 11 is 1.49. The van der Waals surface area contributed by atoms with Gasteiger partial charge in [0, 0.05) is 12.1 Å². The van der Waals surface area contributed by atoms with Crippen LogP contribution < -0.4 is 9.47 Å². The minimum absolute atomic E-state index is 0.101. The molecule has 5 nitrogen and oxygen atoms in total. The highest BCUT2D eigenvalue weighted by Crippen LogP contribution is 2.36. The molecule has 1 unspecified atom stereocenters. The zero-order chi connectivity index (χ0) is 16.4. The maximum absolute atomic E-state index is 11.5. The van der Waals surface area contributed by atoms with Gasteiger partial charge in [0.25, 0.3) is 0 Å². The summed E-state index contributed by atoms with van der Waals surface area (Å²) in [5.41, 5.74) is 2.05. The Balaban J connectivity index is 1.94. The second-order valence-corrected chi connectivity index (χ2v) is 6.71. The molecule has 0 spiro atoms. The Hall–Kier alpha value is -1.95. The number of hydrogen-bond donors (Lipinski definition) is 0. The average Bonchev–Trinajstić information content (AvgIpc) is 2.96. The molecule has 1 atom stereocenters. The van der Waals surface area contributed by atoms with Gasteiger partial charge in [-0.2, -0.15) is 0 Å². The Bertz CT molecular complexity index is 727. The first-order valence-electron chi connectivity index (χ1n) is 7.72. The molecule has 1 aliphatic heterocycles. The summed E-state index contributed by atoms with van der Waals surface area (Å²) in [7, 11) is 0. The predicted octanol–water partition coefficient (Wildman–Crippen LogP) is 3.41. The second-order valence-electron chi connectivity index (χ2n) is 5.40. The van der Waals surface area contributed by atoms with Gasteiger partial charge in [0.05, 0.1) is 17.1 Å².